The summed E-state index contributed by atoms with van der Waals surface area (Å²) in [7, 11) is -0.347. The van der Waals surface area contributed by atoms with Crippen molar-refractivity contribution in [2.45, 2.75) is 95.7 Å². The van der Waals surface area contributed by atoms with Crippen molar-refractivity contribution in [1.82, 2.24) is 0 Å². The molecule has 2 heteroatoms. The first-order valence-corrected chi connectivity index (χ1v) is 13.0. The summed E-state index contributed by atoms with van der Waals surface area (Å²) >= 11 is 0. The molecule has 1 aliphatic heterocycles. The van der Waals surface area contributed by atoms with Crippen molar-refractivity contribution in [3.8, 4) is 0 Å². The summed E-state index contributed by atoms with van der Waals surface area (Å²) in [4.78, 5) is 0. The van der Waals surface area contributed by atoms with Crippen LogP contribution in [0.5, 0.6) is 0 Å². The van der Waals surface area contributed by atoms with E-state index in [0.29, 0.717) is 0 Å². The lowest BCUT2D eigenvalue weighted by Gasteiger charge is -2.27. The Morgan fingerprint density at radius 1 is 0.917 bits per heavy atom. The molecule has 24 heavy (non-hydrogen) atoms. The van der Waals surface area contributed by atoms with Crippen LogP contribution in [0.1, 0.15) is 76.7 Å². The predicted octanol–water partition coefficient (Wildman–Crippen LogP) is 7.15. The zero-order valence-corrected chi connectivity index (χ0v) is 16.9. The molecule has 0 aliphatic carbocycles. The number of unbranched alkanes of at least 4 members (excludes halogenated alkanes) is 5. The molecule has 0 N–H and O–H groups in total. The zero-order chi connectivity index (χ0) is 17.0. The summed E-state index contributed by atoms with van der Waals surface area (Å²) in [6.07, 6.45) is 15.5. The molecule has 136 valence electrons. The summed E-state index contributed by atoms with van der Waals surface area (Å²) in [6, 6.07) is 11.9. The van der Waals surface area contributed by atoms with E-state index in [1.165, 1.54) is 69.8 Å². The van der Waals surface area contributed by atoms with Gasteiger partial charge in [0.1, 0.15) is 5.82 Å². The average Bonchev–Trinajstić information content (AvgIpc) is 2.61. The predicted molar refractivity (Wildman–Crippen MR) is 107 cm³/mol. The molecule has 0 spiro atoms. The SMILES string of the molecule is CCCCCCC[Si@H]1CC[C@H](CCCCc2ccc(F)cc2)CC1. The largest absolute Gasteiger partial charge is 0.207 e. The third-order valence-electron chi connectivity index (χ3n) is 5.92. The fraction of sp³-hybridized carbons (Fsp3) is 0.727. The fourth-order valence-corrected chi connectivity index (χ4v) is 7.88. The van der Waals surface area contributed by atoms with Crippen LogP contribution >= 0.6 is 0 Å². The number of halogens is 1. The lowest BCUT2D eigenvalue weighted by Crippen LogP contribution is -2.21. The first-order chi connectivity index (χ1) is 11.8. The van der Waals surface area contributed by atoms with Gasteiger partial charge in [-0.2, -0.15) is 0 Å². The van der Waals surface area contributed by atoms with Crippen LogP contribution in [0.25, 0.3) is 0 Å². The van der Waals surface area contributed by atoms with Gasteiger partial charge in [0.05, 0.1) is 0 Å². The van der Waals surface area contributed by atoms with Crippen molar-refractivity contribution in [2.75, 3.05) is 0 Å². The van der Waals surface area contributed by atoms with E-state index in [4.69, 9.17) is 0 Å². The van der Waals surface area contributed by atoms with Crippen molar-refractivity contribution < 1.29 is 4.39 Å². The van der Waals surface area contributed by atoms with Crippen molar-refractivity contribution in [3.05, 3.63) is 35.6 Å². The highest BCUT2D eigenvalue weighted by molar-refractivity contribution is 6.58. The van der Waals surface area contributed by atoms with Crippen molar-refractivity contribution >= 4 is 8.80 Å². The summed E-state index contributed by atoms with van der Waals surface area (Å²) < 4.78 is 12.9. The minimum absolute atomic E-state index is 0.120. The third-order valence-corrected chi connectivity index (χ3v) is 9.45. The van der Waals surface area contributed by atoms with Crippen molar-refractivity contribution in [3.63, 3.8) is 0 Å². The van der Waals surface area contributed by atoms with E-state index in [1.54, 1.807) is 30.3 Å². The highest BCUT2D eigenvalue weighted by Crippen LogP contribution is 2.31. The molecule has 1 saturated heterocycles. The highest BCUT2D eigenvalue weighted by Gasteiger charge is 2.21. The Morgan fingerprint density at radius 2 is 1.62 bits per heavy atom. The molecule has 0 amide bonds. The molecule has 0 aromatic heterocycles. The smallest absolute Gasteiger partial charge is 0.123 e. The number of rotatable bonds is 11. The molecular weight excluding hydrogens is 311 g/mol. The summed E-state index contributed by atoms with van der Waals surface area (Å²) in [5.41, 5.74) is 1.29. The maximum Gasteiger partial charge on any atom is 0.123 e. The molecule has 2 rings (SSSR count). The van der Waals surface area contributed by atoms with Gasteiger partial charge >= 0.3 is 0 Å². The number of hydrogen-bond donors (Lipinski definition) is 0. The molecule has 0 radical (unpaired) electrons. The Hall–Kier alpha value is -0.633. The molecule has 1 aromatic carbocycles. The highest BCUT2D eigenvalue weighted by atomic mass is 28.3. The quantitative estimate of drug-likeness (QED) is 0.294. The lowest BCUT2D eigenvalue weighted by molar-refractivity contribution is 0.417. The molecular formula is C22H37FSi. The Balaban J connectivity index is 1.48. The van der Waals surface area contributed by atoms with Gasteiger partial charge in [-0.1, -0.05) is 95.0 Å². The molecule has 1 aromatic rings. The Labute approximate surface area is 150 Å². The Kier molecular flexibility index (Phi) is 9.71. The molecule has 1 heterocycles. The topological polar surface area (TPSA) is 0 Å². The van der Waals surface area contributed by atoms with Crippen molar-refractivity contribution in [1.29, 1.82) is 0 Å². The third kappa shape index (κ3) is 7.96. The maximum absolute atomic E-state index is 12.9. The summed E-state index contributed by atoms with van der Waals surface area (Å²) in [5.74, 6) is 0.895. The lowest BCUT2D eigenvalue weighted by atomic mass is 9.95. The maximum atomic E-state index is 12.9. The van der Waals surface area contributed by atoms with Crippen LogP contribution in [0.4, 0.5) is 4.39 Å². The zero-order valence-electron chi connectivity index (χ0n) is 15.7. The van der Waals surface area contributed by atoms with E-state index in [1.807, 2.05) is 12.1 Å². The minimum Gasteiger partial charge on any atom is -0.207 e. The molecule has 0 saturated carbocycles. The van der Waals surface area contributed by atoms with E-state index >= 15 is 0 Å². The van der Waals surface area contributed by atoms with Crippen LogP contribution in [0.2, 0.25) is 18.1 Å². The molecule has 1 fully saturated rings. The van der Waals surface area contributed by atoms with E-state index in [9.17, 15) is 4.39 Å². The van der Waals surface area contributed by atoms with Gasteiger partial charge in [0, 0.05) is 8.80 Å². The Morgan fingerprint density at radius 3 is 2.33 bits per heavy atom. The van der Waals surface area contributed by atoms with Gasteiger partial charge in [0.15, 0.2) is 0 Å². The second-order valence-corrected chi connectivity index (χ2v) is 11.4. The fourth-order valence-electron chi connectivity index (χ4n) is 4.26. The number of hydrogen-bond acceptors (Lipinski definition) is 0. The van der Waals surface area contributed by atoms with Crippen LogP contribution < -0.4 is 0 Å². The van der Waals surface area contributed by atoms with Crippen LogP contribution in [0, 0.1) is 11.7 Å². The van der Waals surface area contributed by atoms with Gasteiger partial charge < -0.3 is 0 Å². The summed E-state index contributed by atoms with van der Waals surface area (Å²) in [5, 5.41) is 0. The van der Waals surface area contributed by atoms with E-state index < -0.39 is 0 Å². The van der Waals surface area contributed by atoms with Crippen LogP contribution in [0.3, 0.4) is 0 Å². The second kappa shape index (κ2) is 11.8. The van der Waals surface area contributed by atoms with E-state index in [-0.39, 0.29) is 14.6 Å². The van der Waals surface area contributed by atoms with Crippen LogP contribution in [-0.4, -0.2) is 8.80 Å². The second-order valence-electron chi connectivity index (χ2n) is 7.96. The van der Waals surface area contributed by atoms with Gasteiger partial charge in [0.25, 0.3) is 0 Å². The molecule has 0 unspecified atom stereocenters. The molecule has 0 atom stereocenters. The van der Waals surface area contributed by atoms with Crippen molar-refractivity contribution in [2.24, 2.45) is 5.92 Å². The molecule has 0 bridgehead atoms. The molecule has 1 aliphatic rings. The normalized spacial score (nSPS) is 21.1. The average molecular weight is 349 g/mol. The number of aryl methyl sites for hydroxylation is 1. The summed E-state index contributed by atoms with van der Waals surface area (Å²) in [6.45, 7) is 2.30. The monoisotopic (exact) mass is 348 g/mol. The minimum atomic E-state index is -0.347. The molecule has 0 nitrogen and oxygen atoms in total. The first kappa shape index (κ1) is 19.7. The van der Waals surface area contributed by atoms with Gasteiger partial charge in [-0.05, 0) is 36.5 Å². The van der Waals surface area contributed by atoms with Gasteiger partial charge in [-0.3, -0.25) is 0 Å². The standard InChI is InChI=1S/C22H37FSi/c1-2-3-4-5-8-17-24-18-15-21(16-19-24)10-7-6-9-20-11-13-22(23)14-12-20/h11-14,21,24H,2-10,15-19H2,1H3/t21-,24-. The van der Waals surface area contributed by atoms with Gasteiger partial charge in [-0.25, -0.2) is 4.39 Å². The Bertz CT molecular complexity index is 420. The number of benzene rings is 1. The van der Waals surface area contributed by atoms with Gasteiger partial charge in [0.2, 0.25) is 0 Å². The van der Waals surface area contributed by atoms with E-state index in [2.05, 4.69) is 6.92 Å². The van der Waals surface area contributed by atoms with Crippen LogP contribution in [-0.2, 0) is 6.42 Å². The van der Waals surface area contributed by atoms with Gasteiger partial charge in [-0.15, -0.1) is 0 Å². The first-order valence-electron chi connectivity index (χ1n) is 10.5. The van der Waals surface area contributed by atoms with Crippen LogP contribution in [0.15, 0.2) is 24.3 Å². The van der Waals surface area contributed by atoms with E-state index in [0.717, 1.165) is 12.3 Å².